The lowest BCUT2D eigenvalue weighted by atomic mass is 10.1. The maximum atomic E-state index is 12.1. The van der Waals surface area contributed by atoms with Crippen molar-refractivity contribution in [2.75, 3.05) is 17.2 Å². The van der Waals surface area contributed by atoms with Crippen molar-refractivity contribution >= 4 is 57.2 Å². The largest absolute Gasteiger partial charge is 0.492 e. The van der Waals surface area contributed by atoms with Gasteiger partial charge >= 0.3 is 0 Å². The summed E-state index contributed by atoms with van der Waals surface area (Å²) < 4.78 is 11.5. The van der Waals surface area contributed by atoms with Gasteiger partial charge in [-0.3, -0.25) is 9.78 Å². The zero-order chi connectivity index (χ0) is 24.8. The number of amides is 1. The molecular weight excluding hydrogens is 489 g/mol. The van der Waals surface area contributed by atoms with Crippen LogP contribution in [-0.4, -0.2) is 27.5 Å². The first-order valence-corrected chi connectivity index (χ1v) is 11.4. The number of benzene rings is 2. The van der Waals surface area contributed by atoms with E-state index in [0.29, 0.717) is 57.8 Å². The molecule has 0 saturated carbocycles. The van der Waals surface area contributed by atoms with E-state index >= 15 is 0 Å². The molecule has 1 amide bonds. The van der Waals surface area contributed by atoms with Crippen molar-refractivity contribution in [3.05, 3.63) is 83.4 Å². The van der Waals surface area contributed by atoms with E-state index in [4.69, 9.17) is 32.7 Å². The van der Waals surface area contributed by atoms with Crippen molar-refractivity contribution in [2.24, 2.45) is 0 Å². The quantitative estimate of drug-likeness (QED) is 0.263. The summed E-state index contributed by atoms with van der Waals surface area (Å²) in [4.78, 5) is 25.0. The van der Waals surface area contributed by atoms with Crippen molar-refractivity contribution in [3.63, 3.8) is 0 Å². The number of aromatic nitrogens is 3. The van der Waals surface area contributed by atoms with Crippen LogP contribution in [0.3, 0.4) is 0 Å². The summed E-state index contributed by atoms with van der Waals surface area (Å²) in [6, 6.07) is 14.4. The topological polar surface area (TPSA) is 98.3 Å². The summed E-state index contributed by atoms with van der Waals surface area (Å²) in [5.74, 6) is 0.958. The average Bonchev–Trinajstić information content (AvgIpc) is 2.85. The third-order valence-corrected chi connectivity index (χ3v) is 5.29. The van der Waals surface area contributed by atoms with Crippen LogP contribution in [0, 0.1) is 0 Å². The van der Waals surface area contributed by atoms with E-state index in [1.165, 1.54) is 6.33 Å². The number of carbonyl (C=O) groups excluding carboxylic acids is 1. The van der Waals surface area contributed by atoms with Crippen LogP contribution in [0.5, 0.6) is 11.5 Å². The average molecular weight is 510 g/mol. The molecule has 0 saturated heterocycles. The minimum atomic E-state index is -0.536. The number of nitrogens with one attached hydrogen (secondary N) is 2. The molecule has 2 aromatic carbocycles. The minimum absolute atomic E-state index is 0.143. The fraction of sp³-hybridized carbons (Fsp3) is 0.120. The smallest absolute Gasteiger partial charge is 0.266 e. The molecule has 0 aliphatic rings. The molecular formula is C25H21Cl2N5O3. The molecule has 0 atom stereocenters. The summed E-state index contributed by atoms with van der Waals surface area (Å²) in [6.07, 6.45) is 3.14. The Labute approximate surface area is 211 Å². The van der Waals surface area contributed by atoms with E-state index in [9.17, 15) is 4.79 Å². The molecule has 0 unspecified atom stereocenters. The van der Waals surface area contributed by atoms with Gasteiger partial charge in [-0.2, -0.15) is 0 Å². The fourth-order valence-corrected chi connectivity index (χ4v) is 3.50. The number of hydrogen-bond donors (Lipinski definition) is 2. The Bertz CT molecular complexity index is 1380. The van der Waals surface area contributed by atoms with Gasteiger partial charge in [0.1, 0.15) is 30.3 Å². The molecule has 0 bridgehead atoms. The Morgan fingerprint density at radius 2 is 1.91 bits per heavy atom. The highest BCUT2D eigenvalue weighted by molar-refractivity contribution is 6.43. The van der Waals surface area contributed by atoms with Gasteiger partial charge in [-0.25, -0.2) is 9.97 Å². The number of rotatable bonds is 9. The molecule has 8 nitrogen and oxygen atoms in total. The minimum Gasteiger partial charge on any atom is -0.492 e. The second-order valence-electron chi connectivity index (χ2n) is 7.26. The Kier molecular flexibility index (Phi) is 7.64. The van der Waals surface area contributed by atoms with Gasteiger partial charge < -0.3 is 20.1 Å². The molecule has 0 aliphatic carbocycles. The summed E-state index contributed by atoms with van der Waals surface area (Å²) in [5.41, 5.74) is 2.52. The molecule has 35 heavy (non-hydrogen) atoms. The van der Waals surface area contributed by atoms with E-state index in [2.05, 4.69) is 32.2 Å². The highest BCUT2D eigenvalue weighted by atomic mass is 35.5. The highest BCUT2D eigenvalue weighted by Gasteiger charge is 2.15. The van der Waals surface area contributed by atoms with Crippen molar-refractivity contribution in [1.82, 2.24) is 15.0 Å². The van der Waals surface area contributed by atoms with Gasteiger partial charge in [-0.05, 0) is 43.3 Å². The second-order valence-corrected chi connectivity index (χ2v) is 8.12. The number of pyridine rings is 1. The van der Waals surface area contributed by atoms with E-state index < -0.39 is 5.91 Å². The van der Waals surface area contributed by atoms with Crippen LogP contribution in [0.25, 0.3) is 10.9 Å². The van der Waals surface area contributed by atoms with Crippen LogP contribution < -0.4 is 20.1 Å². The predicted octanol–water partition coefficient (Wildman–Crippen LogP) is 6.09. The van der Waals surface area contributed by atoms with E-state index in [1.807, 2.05) is 31.2 Å². The molecule has 2 N–H and O–H groups in total. The van der Waals surface area contributed by atoms with Crippen LogP contribution in [-0.2, 0) is 11.4 Å². The number of halogens is 2. The maximum absolute atomic E-state index is 12.1. The Morgan fingerprint density at radius 3 is 2.63 bits per heavy atom. The normalized spacial score (nSPS) is 10.6. The molecule has 0 fully saturated rings. The van der Waals surface area contributed by atoms with Crippen LogP contribution in [0.2, 0.25) is 5.02 Å². The molecule has 2 aromatic heterocycles. The van der Waals surface area contributed by atoms with Crippen LogP contribution in [0.4, 0.5) is 17.2 Å². The van der Waals surface area contributed by atoms with Crippen LogP contribution in [0.1, 0.15) is 12.6 Å². The first kappa shape index (κ1) is 24.3. The van der Waals surface area contributed by atoms with E-state index in [-0.39, 0.29) is 5.03 Å². The summed E-state index contributed by atoms with van der Waals surface area (Å²) >= 11 is 12.2. The number of anilines is 3. The molecule has 10 heteroatoms. The number of carbonyl (C=O) groups is 1. The third-order valence-electron chi connectivity index (χ3n) is 4.83. The number of hydrogen-bond acceptors (Lipinski definition) is 7. The van der Waals surface area contributed by atoms with Gasteiger partial charge in [0.2, 0.25) is 0 Å². The third kappa shape index (κ3) is 5.98. The van der Waals surface area contributed by atoms with Crippen LogP contribution >= 0.6 is 23.2 Å². The lowest BCUT2D eigenvalue weighted by molar-refractivity contribution is -0.112. The standard InChI is InChI=1S/C25H21Cl2N5O3/c1-3-34-23-12-20-18(11-21(23)32-25(33)15(2)26)24(30-14-29-20)31-16-7-8-22(19(27)10-16)35-13-17-6-4-5-9-28-17/h4-12,14H,2-3,13H2,1H3,(H,32,33)(H,29,30,31). The van der Waals surface area contributed by atoms with Crippen molar-refractivity contribution < 1.29 is 14.3 Å². The zero-order valence-corrected chi connectivity index (χ0v) is 20.2. The Morgan fingerprint density at radius 1 is 1.06 bits per heavy atom. The van der Waals surface area contributed by atoms with Gasteiger partial charge in [0.05, 0.1) is 33.6 Å². The molecule has 4 aromatic rings. The Balaban J connectivity index is 1.60. The maximum Gasteiger partial charge on any atom is 0.266 e. The van der Waals surface area contributed by atoms with Crippen molar-refractivity contribution in [3.8, 4) is 11.5 Å². The predicted molar refractivity (Wildman–Crippen MR) is 138 cm³/mol. The van der Waals surface area contributed by atoms with Gasteiger partial charge in [-0.15, -0.1) is 0 Å². The fourth-order valence-electron chi connectivity index (χ4n) is 3.21. The zero-order valence-electron chi connectivity index (χ0n) is 18.7. The van der Waals surface area contributed by atoms with Crippen molar-refractivity contribution in [2.45, 2.75) is 13.5 Å². The molecule has 0 aliphatic heterocycles. The SMILES string of the molecule is C=C(Cl)C(=O)Nc1cc2c(Nc3ccc(OCc4ccccn4)c(Cl)c3)ncnc2cc1OCC. The van der Waals surface area contributed by atoms with E-state index in [0.717, 1.165) is 5.69 Å². The first-order chi connectivity index (χ1) is 16.9. The lowest BCUT2D eigenvalue weighted by Crippen LogP contribution is -2.12. The summed E-state index contributed by atoms with van der Waals surface area (Å²) in [5, 5.41) is 6.88. The molecule has 0 radical (unpaired) electrons. The van der Waals surface area contributed by atoms with Gasteiger partial charge in [-0.1, -0.05) is 35.8 Å². The van der Waals surface area contributed by atoms with E-state index in [1.54, 1.807) is 30.5 Å². The molecule has 4 rings (SSSR count). The van der Waals surface area contributed by atoms with Crippen molar-refractivity contribution in [1.29, 1.82) is 0 Å². The first-order valence-electron chi connectivity index (χ1n) is 10.6. The lowest BCUT2D eigenvalue weighted by Gasteiger charge is -2.15. The number of ether oxygens (including phenoxy) is 2. The molecule has 2 heterocycles. The van der Waals surface area contributed by atoms with Gasteiger partial charge in [0.15, 0.2) is 0 Å². The van der Waals surface area contributed by atoms with Crippen LogP contribution in [0.15, 0.2) is 72.7 Å². The number of nitrogens with zero attached hydrogens (tertiary/aromatic N) is 3. The highest BCUT2D eigenvalue weighted by Crippen LogP contribution is 2.35. The van der Waals surface area contributed by atoms with Gasteiger partial charge in [0, 0.05) is 23.3 Å². The molecule has 178 valence electrons. The summed E-state index contributed by atoms with van der Waals surface area (Å²) in [6.45, 7) is 6.00. The Hall–Kier alpha value is -3.88. The number of fused-ring (bicyclic) bond motifs is 1. The molecule has 0 spiro atoms. The van der Waals surface area contributed by atoms with Gasteiger partial charge in [0.25, 0.3) is 5.91 Å². The monoisotopic (exact) mass is 509 g/mol. The summed E-state index contributed by atoms with van der Waals surface area (Å²) in [7, 11) is 0. The second kappa shape index (κ2) is 11.0.